The van der Waals surface area contributed by atoms with Crippen LogP contribution >= 0.6 is 11.8 Å². The Balaban J connectivity index is 1.40. The number of nitrogens with one attached hydrogen (secondary N) is 1. The fourth-order valence-corrected chi connectivity index (χ4v) is 4.73. The lowest BCUT2D eigenvalue weighted by Gasteiger charge is -2.37. The molecule has 4 rings (SSSR count). The van der Waals surface area contributed by atoms with E-state index in [4.69, 9.17) is 14.2 Å². The molecule has 2 aliphatic heterocycles. The highest BCUT2D eigenvalue weighted by molar-refractivity contribution is 7.99. The van der Waals surface area contributed by atoms with Gasteiger partial charge in [-0.25, -0.2) is 0 Å². The molecule has 0 spiro atoms. The number of fused-ring (bicyclic) bond motifs is 1. The van der Waals surface area contributed by atoms with Crippen LogP contribution in [-0.4, -0.2) is 42.4 Å². The lowest BCUT2D eigenvalue weighted by atomic mass is 9.97. The van der Waals surface area contributed by atoms with Crippen LogP contribution in [0.1, 0.15) is 19.4 Å². The Kier molecular flexibility index (Phi) is 5.85. The largest absolute Gasteiger partial charge is 0.369 e. The number of hydrogen-bond acceptors (Lipinski definition) is 5. The minimum atomic E-state index is -0.578. The zero-order chi connectivity index (χ0) is 18.7. The molecule has 5 heteroatoms. The summed E-state index contributed by atoms with van der Waals surface area (Å²) in [6, 6.07) is 21.0. The van der Waals surface area contributed by atoms with Gasteiger partial charge >= 0.3 is 0 Å². The fourth-order valence-electron chi connectivity index (χ4n) is 3.70. The van der Waals surface area contributed by atoms with E-state index in [0.29, 0.717) is 6.61 Å². The second kappa shape index (κ2) is 8.33. The van der Waals surface area contributed by atoms with E-state index in [1.165, 1.54) is 10.5 Å². The van der Waals surface area contributed by atoms with Gasteiger partial charge in [0.05, 0.1) is 12.7 Å². The molecular formula is C22H27NO3S. The van der Waals surface area contributed by atoms with Crippen LogP contribution in [0.5, 0.6) is 0 Å². The number of ether oxygens (including phenoxy) is 3. The first-order chi connectivity index (χ1) is 13.1. The lowest BCUT2D eigenvalue weighted by Crippen LogP contribution is -2.60. The summed E-state index contributed by atoms with van der Waals surface area (Å²) in [7, 11) is 0. The monoisotopic (exact) mass is 385 g/mol. The zero-order valence-electron chi connectivity index (χ0n) is 15.8. The normalized spacial score (nSPS) is 29.4. The van der Waals surface area contributed by atoms with Crippen molar-refractivity contribution in [2.75, 3.05) is 12.3 Å². The quantitative estimate of drug-likeness (QED) is 0.765. The van der Waals surface area contributed by atoms with Crippen LogP contribution in [-0.2, 0) is 20.8 Å². The van der Waals surface area contributed by atoms with Gasteiger partial charge in [0.2, 0.25) is 0 Å². The Hall–Kier alpha value is -1.37. The predicted octanol–water partition coefficient (Wildman–Crippen LogP) is 3.86. The highest BCUT2D eigenvalue weighted by Crippen LogP contribution is 2.36. The van der Waals surface area contributed by atoms with Gasteiger partial charge in [-0.2, -0.15) is 0 Å². The molecule has 0 amide bonds. The summed E-state index contributed by atoms with van der Waals surface area (Å²) in [5, 5.41) is 3.63. The van der Waals surface area contributed by atoms with Crippen LogP contribution in [0.3, 0.4) is 0 Å². The molecule has 2 aromatic rings. The second-order valence-electron chi connectivity index (χ2n) is 7.54. The highest BCUT2D eigenvalue weighted by atomic mass is 32.2. The second-order valence-corrected chi connectivity index (χ2v) is 8.63. The summed E-state index contributed by atoms with van der Waals surface area (Å²) in [5.41, 5.74) is 1.17. The van der Waals surface area contributed by atoms with E-state index in [-0.39, 0.29) is 24.4 Å². The van der Waals surface area contributed by atoms with Crippen LogP contribution in [0.25, 0.3) is 0 Å². The van der Waals surface area contributed by atoms with Crippen molar-refractivity contribution >= 4 is 11.8 Å². The summed E-state index contributed by atoms with van der Waals surface area (Å²) >= 11 is 1.85. The summed E-state index contributed by atoms with van der Waals surface area (Å²) in [5.74, 6) is 0.362. The van der Waals surface area contributed by atoms with Crippen molar-refractivity contribution in [3.63, 3.8) is 0 Å². The van der Waals surface area contributed by atoms with Crippen LogP contribution in [0.15, 0.2) is 65.6 Å². The molecule has 0 unspecified atom stereocenters. The van der Waals surface area contributed by atoms with Gasteiger partial charge in [0.15, 0.2) is 5.79 Å². The average molecular weight is 386 g/mol. The summed E-state index contributed by atoms with van der Waals surface area (Å²) in [6.45, 7) is 5.33. The van der Waals surface area contributed by atoms with Crippen molar-refractivity contribution in [3.8, 4) is 0 Å². The lowest BCUT2D eigenvalue weighted by molar-refractivity contribution is -0.157. The minimum Gasteiger partial charge on any atom is -0.369 e. The number of rotatable bonds is 6. The van der Waals surface area contributed by atoms with Crippen LogP contribution in [0, 0.1) is 0 Å². The molecule has 0 aromatic heterocycles. The number of piperidine rings is 1. The standard InChI is InChI=1S/C22H27NO3S/c1-22(2)25-20-18(15-27-17-11-7-4-8-12-17)23-13-19(21(20)26-22)24-14-16-9-5-3-6-10-16/h3-12,18-21,23H,13-15H2,1-2H3/t18-,19+,20-,21-/m1/s1. The summed E-state index contributed by atoms with van der Waals surface area (Å²) < 4.78 is 18.7. The molecule has 0 aliphatic carbocycles. The van der Waals surface area contributed by atoms with Gasteiger partial charge < -0.3 is 19.5 Å². The molecule has 0 saturated carbocycles. The van der Waals surface area contributed by atoms with Gasteiger partial charge in [0.25, 0.3) is 0 Å². The van der Waals surface area contributed by atoms with Crippen molar-refractivity contribution < 1.29 is 14.2 Å². The molecule has 1 N–H and O–H groups in total. The molecular weight excluding hydrogens is 358 g/mol. The van der Waals surface area contributed by atoms with E-state index in [9.17, 15) is 0 Å². The highest BCUT2D eigenvalue weighted by Gasteiger charge is 2.51. The van der Waals surface area contributed by atoms with E-state index in [0.717, 1.165) is 12.3 Å². The maximum absolute atomic E-state index is 6.26. The molecule has 4 atom stereocenters. The van der Waals surface area contributed by atoms with Gasteiger partial charge in [0, 0.05) is 23.2 Å². The third kappa shape index (κ3) is 4.73. The van der Waals surface area contributed by atoms with Gasteiger partial charge in [-0.05, 0) is 31.5 Å². The topological polar surface area (TPSA) is 39.7 Å². The first kappa shape index (κ1) is 19.0. The van der Waals surface area contributed by atoms with Gasteiger partial charge in [-0.15, -0.1) is 11.8 Å². The Bertz CT molecular complexity index is 663. The van der Waals surface area contributed by atoms with E-state index < -0.39 is 5.79 Å². The van der Waals surface area contributed by atoms with E-state index in [1.54, 1.807) is 0 Å². The number of hydrogen-bond donors (Lipinski definition) is 1. The third-order valence-electron chi connectivity index (χ3n) is 4.99. The summed E-state index contributed by atoms with van der Waals surface area (Å²) in [4.78, 5) is 1.27. The van der Waals surface area contributed by atoms with Crippen molar-refractivity contribution in [3.05, 3.63) is 66.2 Å². The van der Waals surface area contributed by atoms with E-state index in [2.05, 4.69) is 41.7 Å². The fraction of sp³-hybridized carbons (Fsp3) is 0.455. The smallest absolute Gasteiger partial charge is 0.163 e. The Morgan fingerprint density at radius 1 is 1.00 bits per heavy atom. The van der Waals surface area contributed by atoms with Crippen LogP contribution < -0.4 is 5.32 Å². The molecule has 2 heterocycles. The SMILES string of the molecule is CC1(C)O[C@H]2[C@H](O1)[C@@H](CSc1ccccc1)NC[C@@H]2OCc1ccccc1. The van der Waals surface area contributed by atoms with Crippen molar-refractivity contribution in [1.82, 2.24) is 5.32 Å². The van der Waals surface area contributed by atoms with Crippen LogP contribution in [0.2, 0.25) is 0 Å². The molecule has 4 nitrogen and oxygen atoms in total. The van der Waals surface area contributed by atoms with Gasteiger partial charge in [-0.3, -0.25) is 0 Å². The van der Waals surface area contributed by atoms with Crippen molar-refractivity contribution in [2.45, 2.75) is 55.5 Å². The van der Waals surface area contributed by atoms with Crippen LogP contribution in [0.4, 0.5) is 0 Å². The molecule has 27 heavy (non-hydrogen) atoms. The van der Waals surface area contributed by atoms with Gasteiger partial charge in [0.1, 0.15) is 12.2 Å². The first-order valence-corrected chi connectivity index (χ1v) is 10.5. The average Bonchev–Trinajstić information content (AvgIpc) is 3.02. The first-order valence-electron chi connectivity index (χ1n) is 9.53. The molecule has 2 aliphatic rings. The maximum atomic E-state index is 6.26. The van der Waals surface area contributed by atoms with E-state index in [1.807, 2.05) is 49.9 Å². The molecule has 0 bridgehead atoms. The minimum absolute atomic E-state index is 0.00858. The third-order valence-corrected chi connectivity index (χ3v) is 6.12. The van der Waals surface area contributed by atoms with E-state index >= 15 is 0 Å². The van der Waals surface area contributed by atoms with Crippen molar-refractivity contribution in [1.29, 1.82) is 0 Å². The molecule has 2 aromatic carbocycles. The Morgan fingerprint density at radius 3 is 2.41 bits per heavy atom. The molecule has 2 fully saturated rings. The number of benzene rings is 2. The number of thioether (sulfide) groups is 1. The molecule has 0 radical (unpaired) electrons. The molecule has 144 valence electrons. The zero-order valence-corrected chi connectivity index (χ0v) is 16.7. The van der Waals surface area contributed by atoms with Gasteiger partial charge in [-0.1, -0.05) is 48.5 Å². The predicted molar refractivity (Wildman–Crippen MR) is 108 cm³/mol. The molecule has 2 saturated heterocycles. The Morgan fingerprint density at radius 2 is 1.67 bits per heavy atom. The van der Waals surface area contributed by atoms with Crippen molar-refractivity contribution in [2.24, 2.45) is 0 Å². The summed E-state index contributed by atoms with van der Waals surface area (Å²) in [6.07, 6.45) is -0.0768. The Labute approximate surface area is 165 Å². The maximum Gasteiger partial charge on any atom is 0.163 e.